The Labute approximate surface area is 118 Å². The van der Waals surface area contributed by atoms with E-state index in [-0.39, 0.29) is 6.04 Å². The van der Waals surface area contributed by atoms with Gasteiger partial charge in [-0.2, -0.15) is 0 Å². The molecule has 4 nitrogen and oxygen atoms in total. The van der Waals surface area contributed by atoms with Gasteiger partial charge in [-0.05, 0) is 31.0 Å². The number of hydrogen-bond donors (Lipinski definition) is 1. The van der Waals surface area contributed by atoms with Crippen molar-refractivity contribution in [2.75, 3.05) is 0 Å². The Kier molecular flexibility index (Phi) is 4.93. The third-order valence-corrected chi connectivity index (χ3v) is 3.44. The summed E-state index contributed by atoms with van der Waals surface area (Å²) in [5.41, 5.74) is 1.21. The largest absolute Gasteiger partial charge is 0.317 e. The fourth-order valence-corrected chi connectivity index (χ4v) is 2.31. The van der Waals surface area contributed by atoms with Crippen LogP contribution in [-0.2, 0) is 13.1 Å². The van der Waals surface area contributed by atoms with E-state index in [4.69, 9.17) is 11.6 Å². The lowest BCUT2D eigenvalue weighted by atomic mass is 10.0. The highest BCUT2D eigenvalue weighted by Gasteiger charge is 2.11. The summed E-state index contributed by atoms with van der Waals surface area (Å²) in [6.45, 7) is 5.83. The van der Waals surface area contributed by atoms with Crippen molar-refractivity contribution in [1.82, 2.24) is 20.1 Å². The molecule has 102 valence electrons. The second-order valence-electron chi connectivity index (χ2n) is 4.43. The highest BCUT2D eigenvalue weighted by atomic mass is 35.5. The third-order valence-electron chi connectivity index (χ3n) is 3.20. The number of nitrogens with zero attached hydrogens (tertiary/aromatic N) is 3. The van der Waals surface area contributed by atoms with Crippen molar-refractivity contribution < 1.29 is 0 Å². The van der Waals surface area contributed by atoms with Gasteiger partial charge in [-0.15, -0.1) is 10.2 Å². The van der Waals surface area contributed by atoms with E-state index in [2.05, 4.69) is 35.4 Å². The van der Waals surface area contributed by atoms with Gasteiger partial charge in [-0.3, -0.25) is 0 Å². The quantitative estimate of drug-likeness (QED) is 0.882. The maximum Gasteiger partial charge on any atom is 0.146 e. The maximum atomic E-state index is 6.04. The third kappa shape index (κ3) is 3.55. The summed E-state index contributed by atoms with van der Waals surface area (Å²) in [6.07, 6.45) is 2.76. The summed E-state index contributed by atoms with van der Waals surface area (Å²) >= 11 is 6.04. The minimum Gasteiger partial charge on any atom is -0.317 e. The van der Waals surface area contributed by atoms with Gasteiger partial charge in [0.2, 0.25) is 0 Å². The van der Waals surface area contributed by atoms with Crippen LogP contribution in [0.5, 0.6) is 0 Å². The number of nitrogens with one attached hydrogen (secondary N) is 1. The monoisotopic (exact) mass is 278 g/mol. The summed E-state index contributed by atoms with van der Waals surface area (Å²) in [6, 6.07) is 8.26. The second-order valence-corrected chi connectivity index (χ2v) is 4.87. The zero-order chi connectivity index (χ0) is 13.7. The molecule has 0 aliphatic carbocycles. The Morgan fingerprint density at radius 2 is 2.21 bits per heavy atom. The molecule has 0 bridgehead atoms. The summed E-state index contributed by atoms with van der Waals surface area (Å²) in [5, 5.41) is 12.3. The number of hydrogen-bond acceptors (Lipinski definition) is 3. The molecule has 0 aliphatic rings. The molecule has 2 rings (SSSR count). The molecule has 0 spiro atoms. The Balaban J connectivity index is 2.04. The van der Waals surface area contributed by atoms with Crippen molar-refractivity contribution in [3.05, 3.63) is 47.0 Å². The molecule has 0 saturated carbocycles. The van der Waals surface area contributed by atoms with Gasteiger partial charge in [-0.25, -0.2) is 0 Å². The minimum absolute atomic E-state index is 0.278. The van der Waals surface area contributed by atoms with E-state index in [1.807, 2.05) is 22.8 Å². The lowest BCUT2D eigenvalue weighted by molar-refractivity contribution is 0.497. The first-order chi connectivity index (χ1) is 9.24. The average Bonchev–Trinajstić information content (AvgIpc) is 2.87. The molecule has 0 saturated heterocycles. The van der Waals surface area contributed by atoms with Gasteiger partial charge in [-0.1, -0.05) is 30.7 Å². The van der Waals surface area contributed by atoms with Crippen molar-refractivity contribution >= 4 is 11.6 Å². The van der Waals surface area contributed by atoms with Gasteiger partial charge in [0.15, 0.2) is 0 Å². The van der Waals surface area contributed by atoms with Crippen molar-refractivity contribution in [1.29, 1.82) is 0 Å². The lowest BCUT2D eigenvalue weighted by Gasteiger charge is -2.17. The maximum absolute atomic E-state index is 6.04. The van der Waals surface area contributed by atoms with Crippen molar-refractivity contribution in [2.24, 2.45) is 0 Å². The number of aromatic nitrogens is 3. The summed E-state index contributed by atoms with van der Waals surface area (Å²) < 4.78 is 2.04. The van der Waals surface area contributed by atoms with E-state index in [0.29, 0.717) is 6.54 Å². The number of halogens is 1. The van der Waals surface area contributed by atoms with Gasteiger partial charge >= 0.3 is 0 Å². The fraction of sp³-hybridized carbons (Fsp3) is 0.429. The molecule has 0 aliphatic heterocycles. The van der Waals surface area contributed by atoms with Crippen LogP contribution in [0.25, 0.3) is 0 Å². The van der Waals surface area contributed by atoms with E-state index in [0.717, 1.165) is 23.8 Å². The average molecular weight is 279 g/mol. The van der Waals surface area contributed by atoms with Gasteiger partial charge < -0.3 is 9.88 Å². The standard InChI is InChI=1S/C14H19ClN4/c1-3-13(11-6-5-7-12(15)8-11)16-9-14-18-17-10-19(14)4-2/h5-8,10,13,16H,3-4,9H2,1-2H3. The predicted molar refractivity (Wildman–Crippen MR) is 77.0 cm³/mol. The van der Waals surface area contributed by atoms with Crippen LogP contribution in [0.4, 0.5) is 0 Å². The zero-order valence-electron chi connectivity index (χ0n) is 11.3. The van der Waals surface area contributed by atoms with Crippen LogP contribution >= 0.6 is 11.6 Å². The Hall–Kier alpha value is -1.39. The molecule has 1 atom stereocenters. The van der Waals surface area contributed by atoms with Gasteiger partial charge in [0, 0.05) is 17.6 Å². The highest BCUT2D eigenvalue weighted by molar-refractivity contribution is 6.30. The molecular formula is C14H19ClN4. The van der Waals surface area contributed by atoms with Crippen molar-refractivity contribution in [2.45, 2.75) is 39.4 Å². The fourth-order valence-electron chi connectivity index (χ4n) is 2.12. The topological polar surface area (TPSA) is 42.7 Å². The molecule has 1 N–H and O–H groups in total. The lowest BCUT2D eigenvalue weighted by Crippen LogP contribution is -2.22. The summed E-state index contributed by atoms with van der Waals surface area (Å²) in [7, 11) is 0. The SMILES string of the molecule is CCC(NCc1nncn1CC)c1cccc(Cl)c1. The minimum atomic E-state index is 0.278. The molecule has 19 heavy (non-hydrogen) atoms. The van der Waals surface area contributed by atoms with Crippen molar-refractivity contribution in [3.8, 4) is 0 Å². The van der Waals surface area contributed by atoms with Crippen LogP contribution in [0, 0.1) is 0 Å². The van der Waals surface area contributed by atoms with Crippen LogP contribution in [-0.4, -0.2) is 14.8 Å². The molecule has 0 radical (unpaired) electrons. The van der Waals surface area contributed by atoms with Crippen LogP contribution in [0.3, 0.4) is 0 Å². The normalized spacial score (nSPS) is 12.6. The molecule has 1 aromatic heterocycles. The molecule has 0 amide bonds. The summed E-state index contributed by atoms with van der Waals surface area (Å²) in [5.74, 6) is 0.961. The van der Waals surface area contributed by atoms with E-state index in [1.54, 1.807) is 6.33 Å². The number of rotatable bonds is 6. The number of aryl methyl sites for hydroxylation is 1. The molecule has 0 fully saturated rings. The second kappa shape index (κ2) is 6.68. The molecule has 1 aromatic carbocycles. The van der Waals surface area contributed by atoms with E-state index >= 15 is 0 Å². The Morgan fingerprint density at radius 1 is 1.37 bits per heavy atom. The first-order valence-electron chi connectivity index (χ1n) is 6.60. The number of benzene rings is 1. The van der Waals surface area contributed by atoms with Crippen LogP contribution in [0.15, 0.2) is 30.6 Å². The van der Waals surface area contributed by atoms with Gasteiger partial charge in [0.25, 0.3) is 0 Å². The first-order valence-corrected chi connectivity index (χ1v) is 6.98. The molecule has 5 heteroatoms. The molecule has 2 aromatic rings. The first kappa shape index (κ1) is 14.0. The van der Waals surface area contributed by atoms with Crippen LogP contribution in [0.1, 0.15) is 37.7 Å². The molecular weight excluding hydrogens is 260 g/mol. The zero-order valence-corrected chi connectivity index (χ0v) is 12.1. The predicted octanol–water partition coefficient (Wildman–Crippen LogP) is 3.19. The van der Waals surface area contributed by atoms with E-state index < -0.39 is 0 Å². The van der Waals surface area contributed by atoms with Gasteiger partial charge in [0.05, 0.1) is 6.54 Å². The van der Waals surface area contributed by atoms with Gasteiger partial charge in [0.1, 0.15) is 12.2 Å². The highest BCUT2D eigenvalue weighted by Crippen LogP contribution is 2.20. The molecule has 1 heterocycles. The van der Waals surface area contributed by atoms with Crippen molar-refractivity contribution in [3.63, 3.8) is 0 Å². The van der Waals surface area contributed by atoms with Crippen LogP contribution in [0.2, 0.25) is 5.02 Å². The Bertz CT molecular complexity index is 524. The molecule has 1 unspecified atom stereocenters. The van der Waals surface area contributed by atoms with E-state index in [1.165, 1.54) is 5.56 Å². The van der Waals surface area contributed by atoms with Crippen LogP contribution < -0.4 is 5.32 Å². The summed E-state index contributed by atoms with van der Waals surface area (Å²) in [4.78, 5) is 0. The smallest absolute Gasteiger partial charge is 0.146 e. The van der Waals surface area contributed by atoms with E-state index in [9.17, 15) is 0 Å². The Morgan fingerprint density at radius 3 is 2.89 bits per heavy atom.